The minimum absolute atomic E-state index is 0.277. The van der Waals surface area contributed by atoms with Gasteiger partial charge in [0.25, 0.3) is 0 Å². The average molecular weight is 178 g/mol. The molecular weight excluding hydrogens is 164 g/mol. The molecular formula is C10H14N2O. The fraction of sp³-hybridized carbons (Fsp3) is 0.700. The Balaban J connectivity index is 1.84. The Morgan fingerprint density at radius 3 is 2.92 bits per heavy atom. The zero-order valence-corrected chi connectivity index (χ0v) is 7.70. The molecule has 1 amide bonds. The molecule has 0 atom stereocenters. The Kier molecular flexibility index (Phi) is 2.24. The van der Waals surface area contributed by atoms with Gasteiger partial charge in [-0.15, -0.1) is 12.3 Å². The largest absolute Gasteiger partial charge is 0.326 e. The number of nitrogens with zero attached hydrogens (tertiary/aromatic N) is 2. The minimum atomic E-state index is 0.277. The fourth-order valence-electron chi connectivity index (χ4n) is 1.70. The average Bonchev–Trinajstić information content (AvgIpc) is 2.88. The van der Waals surface area contributed by atoms with Crippen LogP contribution in [0.3, 0.4) is 0 Å². The van der Waals surface area contributed by atoms with Crippen LogP contribution in [-0.2, 0) is 4.79 Å². The van der Waals surface area contributed by atoms with E-state index in [1.165, 1.54) is 12.8 Å². The summed E-state index contributed by atoms with van der Waals surface area (Å²) >= 11 is 0. The highest BCUT2D eigenvalue weighted by molar-refractivity contribution is 5.80. The van der Waals surface area contributed by atoms with Gasteiger partial charge >= 0.3 is 0 Å². The quantitative estimate of drug-likeness (QED) is 0.579. The van der Waals surface area contributed by atoms with E-state index in [-0.39, 0.29) is 5.91 Å². The summed E-state index contributed by atoms with van der Waals surface area (Å²) in [6, 6.07) is 0.545. The van der Waals surface area contributed by atoms with E-state index in [4.69, 9.17) is 6.42 Å². The lowest BCUT2D eigenvalue weighted by Gasteiger charge is -2.16. The van der Waals surface area contributed by atoms with Gasteiger partial charge in [-0.05, 0) is 12.8 Å². The Morgan fingerprint density at radius 1 is 1.54 bits per heavy atom. The molecule has 0 N–H and O–H groups in total. The highest BCUT2D eigenvalue weighted by Gasteiger charge is 2.37. The summed E-state index contributed by atoms with van der Waals surface area (Å²) < 4.78 is 0. The molecule has 0 aromatic rings. The number of amides is 1. The topological polar surface area (TPSA) is 23.6 Å². The number of carbonyl (C=O) groups is 1. The van der Waals surface area contributed by atoms with Gasteiger partial charge in [0.15, 0.2) is 0 Å². The monoisotopic (exact) mass is 178 g/mol. The molecule has 3 nitrogen and oxygen atoms in total. The van der Waals surface area contributed by atoms with Crippen molar-refractivity contribution in [3.63, 3.8) is 0 Å². The molecule has 0 spiro atoms. The molecule has 1 aliphatic heterocycles. The Bertz CT molecular complexity index is 252. The number of hydrogen-bond acceptors (Lipinski definition) is 2. The van der Waals surface area contributed by atoms with Crippen molar-refractivity contribution in [1.82, 2.24) is 9.80 Å². The van der Waals surface area contributed by atoms with Gasteiger partial charge in [-0.2, -0.15) is 0 Å². The lowest BCUT2D eigenvalue weighted by molar-refractivity contribution is -0.127. The first kappa shape index (κ1) is 8.58. The third-order valence-electron chi connectivity index (χ3n) is 2.59. The van der Waals surface area contributed by atoms with Crippen LogP contribution in [0, 0.1) is 12.3 Å². The van der Waals surface area contributed by atoms with Crippen molar-refractivity contribution in [2.24, 2.45) is 0 Å². The Labute approximate surface area is 78.7 Å². The van der Waals surface area contributed by atoms with E-state index < -0.39 is 0 Å². The lowest BCUT2D eigenvalue weighted by Crippen LogP contribution is -2.29. The molecule has 1 heterocycles. The summed E-state index contributed by atoms with van der Waals surface area (Å²) in [4.78, 5) is 15.6. The molecule has 13 heavy (non-hydrogen) atoms. The van der Waals surface area contributed by atoms with Crippen LogP contribution in [0.2, 0.25) is 0 Å². The van der Waals surface area contributed by atoms with Crippen molar-refractivity contribution in [3.05, 3.63) is 0 Å². The van der Waals surface area contributed by atoms with E-state index in [1.54, 1.807) is 0 Å². The number of terminal acetylenes is 1. The van der Waals surface area contributed by atoms with Crippen LogP contribution in [-0.4, -0.2) is 41.5 Å². The SMILES string of the molecule is C#CCCN1CC(=O)N(C2CC2)C1. The van der Waals surface area contributed by atoms with Crippen molar-refractivity contribution >= 4 is 5.91 Å². The van der Waals surface area contributed by atoms with Crippen LogP contribution in [0.25, 0.3) is 0 Å². The molecule has 0 bridgehead atoms. The van der Waals surface area contributed by atoms with E-state index in [9.17, 15) is 4.79 Å². The number of hydrogen-bond donors (Lipinski definition) is 0. The van der Waals surface area contributed by atoms with Gasteiger partial charge in [0.2, 0.25) is 5.91 Å². The van der Waals surface area contributed by atoms with Crippen LogP contribution in [0.4, 0.5) is 0 Å². The molecule has 2 aliphatic rings. The zero-order valence-electron chi connectivity index (χ0n) is 7.70. The summed E-state index contributed by atoms with van der Waals surface area (Å²) in [5.74, 6) is 2.87. The third kappa shape index (κ3) is 1.84. The van der Waals surface area contributed by atoms with Gasteiger partial charge in [-0.1, -0.05) is 0 Å². The molecule has 0 radical (unpaired) electrons. The number of carbonyl (C=O) groups excluding carboxylic acids is 1. The standard InChI is InChI=1S/C10H14N2O/c1-2-3-6-11-7-10(13)12(8-11)9-4-5-9/h1,9H,3-8H2. The Hall–Kier alpha value is -1.01. The van der Waals surface area contributed by atoms with Crippen LogP contribution < -0.4 is 0 Å². The fourth-order valence-corrected chi connectivity index (χ4v) is 1.70. The van der Waals surface area contributed by atoms with E-state index in [0.717, 1.165) is 19.6 Å². The van der Waals surface area contributed by atoms with Gasteiger partial charge in [0, 0.05) is 19.0 Å². The van der Waals surface area contributed by atoms with Crippen molar-refractivity contribution in [1.29, 1.82) is 0 Å². The van der Waals surface area contributed by atoms with Gasteiger partial charge in [-0.3, -0.25) is 9.69 Å². The highest BCUT2D eigenvalue weighted by Crippen LogP contribution is 2.29. The maximum Gasteiger partial charge on any atom is 0.238 e. The van der Waals surface area contributed by atoms with Gasteiger partial charge in [0.05, 0.1) is 13.2 Å². The van der Waals surface area contributed by atoms with E-state index in [0.29, 0.717) is 12.6 Å². The smallest absolute Gasteiger partial charge is 0.238 e. The van der Waals surface area contributed by atoms with Crippen molar-refractivity contribution in [3.8, 4) is 12.3 Å². The molecule has 1 saturated carbocycles. The van der Waals surface area contributed by atoms with Crippen LogP contribution in [0.5, 0.6) is 0 Å². The van der Waals surface area contributed by atoms with Gasteiger partial charge in [-0.25, -0.2) is 0 Å². The summed E-state index contributed by atoms with van der Waals surface area (Å²) in [5.41, 5.74) is 0. The van der Waals surface area contributed by atoms with Crippen molar-refractivity contribution in [2.45, 2.75) is 25.3 Å². The second kappa shape index (κ2) is 3.39. The molecule has 1 aliphatic carbocycles. The maximum atomic E-state index is 11.5. The first-order valence-corrected chi connectivity index (χ1v) is 4.76. The molecule has 70 valence electrons. The van der Waals surface area contributed by atoms with Crippen LogP contribution >= 0.6 is 0 Å². The van der Waals surface area contributed by atoms with Crippen LogP contribution in [0.1, 0.15) is 19.3 Å². The molecule has 3 heteroatoms. The predicted molar refractivity (Wildman–Crippen MR) is 49.8 cm³/mol. The summed E-state index contributed by atoms with van der Waals surface area (Å²) in [5, 5.41) is 0. The van der Waals surface area contributed by atoms with Gasteiger partial charge < -0.3 is 4.90 Å². The highest BCUT2D eigenvalue weighted by atomic mass is 16.2. The molecule has 0 aromatic heterocycles. The second-order valence-corrected chi connectivity index (χ2v) is 3.74. The predicted octanol–water partition coefficient (Wildman–Crippen LogP) is 0.274. The van der Waals surface area contributed by atoms with Crippen LogP contribution in [0.15, 0.2) is 0 Å². The van der Waals surface area contributed by atoms with E-state index >= 15 is 0 Å². The summed E-state index contributed by atoms with van der Waals surface area (Å²) in [7, 11) is 0. The first-order chi connectivity index (χ1) is 6.31. The van der Waals surface area contributed by atoms with E-state index in [1.807, 2.05) is 4.90 Å². The zero-order chi connectivity index (χ0) is 9.26. The van der Waals surface area contributed by atoms with Crippen molar-refractivity contribution in [2.75, 3.05) is 19.8 Å². The molecule has 0 unspecified atom stereocenters. The molecule has 0 aromatic carbocycles. The minimum Gasteiger partial charge on any atom is -0.326 e. The second-order valence-electron chi connectivity index (χ2n) is 3.74. The first-order valence-electron chi connectivity index (χ1n) is 4.76. The lowest BCUT2D eigenvalue weighted by atomic mass is 10.4. The summed E-state index contributed by atoms with van der Waals surface area (Å²) in [6.07, 6.45) is 8.29. The molecule has 1 saturated heterocycles. The third-order valence-corrected chi connectivity index (χ3v) is 2.59. The molecule has 2 fully saturated rings. The Morgan fingerprint density at radius 2 is 2.31 bits per heavy atom. The maximum absolute atomic E-state index is 11.5. The number of rotatable bonds is 3. The van der Waals surface area contributed by atoms with Crippen molar-refractivity contribution < 1.29 is 4.79 Å². The molecule has 2 rings (SSSR count). The normalized spacial score (nSPS) is 23.6. The van der Waals surface area contributed by atoms with E-state index in [2.05, 4.69) is 10.8 Å². The van der Waals surface area contributed by atoms with Gasteiger partial charge in [0.1, 0.15) is 0 Å². The summed E-state index contributed by atoms with van der Waals surface area (Å²) in [6.45, 7) is 2.22.